The molecule has 7 nitrogen and oxygen atoms in total. The van der Waals surface area contributed by atoms with Crippen LogP contribution in [0.15, 0.2) is 89.8 Å². The van der Waals surface area contributed by atoms with E-state index in [0.29, 0.717) is 30.9 Å². The van der Waals surface area contributed by atoms with Gasteiger partial charge >= 0.3 is 0 Å². The van der Waals surface area contributed by atoms with Crippen LogP contribution in [0.4, 0.5) is 0 Å². The van der Waals surface area contributed by atoms with Crippen molar-refractivity contribution >= 4 is 64.1 Å². The molecule has 0 saturated carbocycles. The molecule has 0 aromatic rings. The highest BCUT2D eigenvalue weighted by molar-refractivity contribution is 14.2. The van der Waals surface area contributed by atoms with Crippen molar-refractivity contribution in [2.45, 2.75) is 65.2 Å². The largest absolute Gasteiger partial charge is 0.355 e. The molecule has 232 valence electrons. The number of hydroxylamine groups is 1. The average Bonchev–Trinajstić information content (AvgIpc) is 3.15. The van der Waals surface area contributed by atoms with Crippen molar-refractivity contribution in [3.63, 3.8) is 0 Å². The molecule has 0 spiro atoms. The molecule has 0 radical (unpaired) electrons. The molecular formula is C32H47IN4O3S2. The van der Waals surface area contributed by atoms with Gasteiger partial charge in [0.1, 0.15) is 5.71 Å². The highest BCUT2D eigenvalue weighted by atomic mass is 127. The summed E-state index contributed by atoms with van der Waals surface area (Å²) in [5.74, 6) is 1.42. The van der Waals surface area contributed by atoms with Gasteiger partial charge in [-0.3, -0.25) is 14.8 Å². The van der Waals surface area contributed by atoms with Gasteiger partial charge in [0.2, 0.25) is 5.91 Å². The SMILES string of the molecule is CC/C=C\C/C=C\C/C=C\C/C=C\C/C=C\C/C=C\CCC(=O)NCCSSCCNC(=O)C1=NC=C(C)N(O)I=C1. The molecule has 0 aromatic heterocycles. The van der Waals surface area contributed by atoms with Gasteiger partial charge in [-0.15, -0.1) is 0 Å². The zero-order valence-corrected chi connectivity index (χ0v) is 28.7. The predicted octanol–water partition coefficient (Wildman–Crippen LogP) is 7.77. The van der Waals surface area contributed by atoms with Crippen LogP contribution in [0.5, 0.6) is 0 Å². The third-order valence-corrected chi connectivity index (χ3v) is 9.92. The Balaban J connectivity index is 1.94. The van der Waals surface area contributed by atoms with E-state index in [4.69, 9.17) is 0 Å². The van der Waals surface area contributed by atoms with Crippen LogP contribution < -0.4 is 10.6 Å². The van der Waals surface area contributed by atoms with Crippen LogP contribution in [0.3, 0.4) is 0 Å². The van der Waals surface area contributed by atoms with Gasteiger partial charge in [-0.2, -0.15) is 0 Å². The molecule has 1 heterocycles. The van der Waals surface area contributed by atoms with Crippen molar-refractivity contribution in [2.24, 2.45) is 4.99 Å². The first-order valence-electron chi connectivity index (χ1n) is 14.4. The number of nitrogens with zero attached hydrogens (tertiary/aromatic N) is 2. The second-order valence-electron chi connectivity index (χ2n) is 8.96. The molecule has 3 N–H and O–H groups in total. The summed E-state index contributed by atoms with van der Waals surface area (Å²) in [5, 5.41) is 15.5. The number of nitrogens with one attached hydrogen (secondary N) is 2. The number of amides is 2. The van der Waals surface area contributed by atoms with Gasteiger partial charge in [-0.1, -0.05) is 101 Å². The van der Waals surface area contributed by atoms with E-state index in [2.05, 4.69) is 95.5 Å². The molecule has 0 atom stereocenters. The fraction of sp³-hybridized carbons (Fsp3) is 0.438. The molecule has 0 aliphatic carbocycles. The maximum absolute atomic E-state index is 12.2. The van der Waals surface area contributed by atoms with E-state index in [1.807, 2.05) is 0 Å². The van der Waals surface area contributed by atoms with Crippen molar-refractivity contribution in [3.8, 4) is 0 Å². The zero-order chi connectivity index (χ0) is 30.5. The standard InChI is InChI=1S/C32H47IN4O3S2/c1-3-4-5-6-7-8-9-10-11-12-13-14-15-16-17-18-19-20-21-22-31(38)34-23-25-41-42-26-24-35-32(39)30-27-33-37(40)29(2)28-36-30/h4-5,7-8,10-11,13-14,16-17,19-20,27-28,40H,3,6,9,12,15,18,21-26H2,1-2H3,(H,34,38)(H,35,39)/b5-4-,8-7-,11-10-,14-13-,17-16-,20-19-. The lowest BCUT2D eigenvalue weighted by Crippen LogP contribution is -2.33. The van der Waals surface area contributed by atoms with Crippen LogP contribution in [0.2, 0.25) is 0 Å². The van der Waals surface area contributed by atoms with Crippen LogP contribution >= 0.6 is 42.6 Å². The molecule has 0 aromatic carbocycles. The average molecular weight is 727 g/mol. The van der Waals surface area contributed by atoms with Crippen LogP contribution in [0.1, 0.15) is 65.2 Å². The van der Waals surface area contributed by atoms with Crippen molar-refractivity contribution in [3.05, 3.63) is 84.8 Å². The van der Waals surface area contributed by atoms with Gasteiger partial charge in [-0.25, -0.2) is 8.27 Å². The number of carbonyl (C=O) groups is 2. The Bertz CT molecular complexity index is 1050. The molecule has 0 bridgehead atoms. The summed E-state index contributed by atoms with van der Waals surface area (Å²) in [6.45, 7) is 5.06. The van der Waals surface area contributed by atoms with Crippen LogP contribution in [-0.4, -0.2) is 54.6 Å². The molecule has 2 amide bonds. The smallest absolute Gasteiger partial charge is 0.270 e. The predicted molar refractivity (Wildman–Crippen MR) is 193 cm³/mol. The second-order valence-corrected chi connectivity index (χ2v) is 13.8. The van der Waals surface area contributed by atoms with Gasteiger partial charge in [0.15, 0.2) is 0 Å². The number of rotatable bonds is 22. The first kappa shape index (κ1) is 37.9. The van der Waals surface area contributed by atoms with Gasteiger partial charge in [0, 0.05) is 62.2 Å². The van der Waals surface area contributed by atoms with E-state index in [0.717, 1.165) is 59.7 Å². The van der Waals surface area contributed by atoms with Crippen LogP contribution in [-0.2, 0) is 9.59 Å². The Hall–Kier alpha value is -2.15. The lowest BCUT2D eigenvalue weighted by atomic mass is 10.2. The molecule has 42 heavy (non-hydrogen) atoms. The Morgan fingerprint density at radius 1 is 0.833 bits per heavy atom. The summed E-state index contributed by atoms with van der Waals surface area (Å²) in [4.78, 5) is 28.3. The Kier molecular flexibility index (Phi) is 25.0. The number of allylic oxidation sites excluding steroid dienone is 13. The van der Waals surface area contributed by atoms with E-state index in [1.54, 1.807) is 32.5 Å². The summed E-state index contributed by atoms with van der Waals surface area (Å²) in [5.41, 5.74) is 0.984. The van der Waals surface area contributed by atoms with Crippen LogP contribution in [0.25, 0.3) is 0 Å². The Labute approximate surface area is 271 Å². The summed E-state index contributed by atoms with van der Waals surface area (Å²) in [7, 11) is 3.33. The lowest BCUT2D eigenvalue weighted by molar-refractivity contribution is -0.121. The molecule has 10 heteroatoms. The van der Waals surface area contributed by atoms with Gasteiger partial charge in [-0.05, 0) is 51.9 Å². The summed E-state index contributed by atoms with van der Waals surface area (Å²) < 4.78 is 2.85. The van der Waals surface area contributed by atoms with Crippen LogP contribution in [0, 0.1) is 0 Å². The first-order chi connectivity index (χ1) is 20.5. The molecular weight excluding hydrogens is 679 g/mol. The molecule has 0 saturated heterocycles. The summed E-state index contributed by atoms with van der Waals surface area (Å²) in [6.07, 6.45) is 34.7. The summed E-state index contributed by atoms with van der Waals surface area (Å²) in [6, 6.07) is 0. The highest BCUT2D eigenvalue weighted by Crippen LogP contribution is 2.19. The first-order valence-corrected chi connectivity index (χ1v) is 19.1. The van der Waals surface area contributed by atoms with E-state index in [-0.39, 0.29) is 11.8 Å². The number of hydrogen-bond acceptors (Lipinski definition) is 7. The maximum Gasteiger partial charge on any atom is 0.270 e. The fourth-order valence-corrected chi connectivity index (χ4v) is 6.45. The van der Waals surface area contributed by atoms with Crippen molar-refractivity contribution in [1.82, 2.24) is 13.9 Å². The third kappa shape index (κ3) is 22.4. The molecule has 1 aliphatic heterocycles. The quantitative estimate of drug-likeness (QED) is 0.0347. The minimum absolute atomic E-state index is 0.0707. The van der Waals surface area contributed by atoms with Gasteiger partial charge in [0.25, 0.3) is 5.91 Å². The zero-order valence-electron chi connectivity index (χ0n) is 24.9. The lowest BCUT2D eigenvalue weighted by Gasteiger charge is -2.07. The van der Waals surface area contributed by atoms with E-state index in [9.17, 15) is 14.8 Å². The van der Waals surface area contributed by atoms with E-state index in [1.165, 1.54) is 6.20 Å². The molecule has 1 aliphatic rings. The number of carbonyl (C=O) groups excluding carboxylic acids is 2. The monoisotopic (exact) mass is 726 g/mol. The minimum Gasteiger partial charge on any atom is -0.355 e. The van der Waals surface area contributed by atoms with E-state index < -0.39 is 21.0 Å². The van der Waals surface area contributed by atoms with Crippen molar-refractivity contribution < 1.29 is 14.8 Å². The topological polar surface area (TPSA) is 94.0 Å². The van der Waals surface area contributed by atoms with Crippen molar-refractivity contribution in [1.29, 1.82) is 0 Å². The van der Waals surface area contributed by atoms with Gasteiger partial charge < -0.3 is 10.6 Å². The third-order valence-electron chi connectivity index (χ3n) is 5.36. The molecule has 0 fully saturated rings. The normalized spacial score (nSPS) is 14.4. The Morgan fingerprint density at radius 3 is 1.88 bits per heavy atom. The number of aliphatic imine (C=N–C) groups is 1. The number of hydrogen-bond donors (Lipinski definition) is 3. The summed E-state index contributed by atoms with van der Waals surface area (Å²) >= 11 is -0.793. The van der Waals surface area contributed by atoms with Gasteiger partial charge in [0.05, 0.1) is 5.70 Å². The molecule has 1 rings (SSSR count). The minimum atomic E-state index is -0.793. The van der Waals surface area contributed by atoms with E-state index >= 15 is 0 Å². The Morgan fingerprint density at radius 2 is 1.33 bits per heavy atom. The number of halogens is 1. The highest BCUT2D eigenvalue weighted by Gasteiger charge is 2.11. The second kappa shape index (κ2) is 27.7. The maximum atomic E-state index is 12.2. The van der Waals surface area contributed by atoms with Crippen molar-refractivity contribution in [2.75, 3.05) is 24.6 Å². The fourth-order valence-electron chi connectivity index (χ4n) is 3.11. The molecule has 0 unspecified atom stereocenters.